The molecule has 3 aliphatic heterocycles. The molecule has 2 atom stereocenters. The van der Waals surface area contributed by atoms with E-state index in [1.165, 1.54) is 24.2 Å². The lowest BCUT2D eigenvalue weighted by molar-refractivity contribution is -0.143. The molecule has 10 heteroatoms. The Balaban J connectivity index is 1.39. The highest BCUT2D eigenvalue weighted by Gasteiger charge is 2.60. The Kier molecular flexibility index (Phi) is 4.47. The van der Waals surface area contributed by atoms with Gasteiger partial charge in [-0.05, 0) is 49.9 Å². The molecule has 1 aromatic rings. The number of β-lactam (4-membered cyclic amide) rings is 1. The van der Waals surface area contributed by atoms with Crippen LogP contribution in [0.25, 0.3) is 0 Å². The van der Waals surface area contributed by atoms with Crippen LogP contribution in [0.4, 0.5) is 16.2 Å². The van der Waals surface area contributed by atoms with Crippen molar-refractivity contribution < 1.29 is 22.6 Å². The molecule has 1 aromatic carbocycles. The Labute approximate surface area is 157 Å². The summed E-state index contributed by atoms with van der Waals surface area (Å²) in [5, 5.41) is 2.76. The van der Waals surface area contributed by atoms with E-state index in [0.717, 1.165) is 18.8 Å². The molecule has 4 rings (SSSR count). The average Bonchev–Trinajstić information content (AvgIpc) is 3.00. The zero-order chi connectivity index (χ0) is 19.2. The number of carbonyl (C=O) groups is 2. The van der Waals surface area contributed by atoms with Gasteiger partial charge < -0.3 is 15.1 Å². The number of rotatable bonds is 3. The molecule has 3 amide bonds. The standard InChI is InChI=1S/C17H22N4O5S/c22-16-15-14(21(16)27(24,25)26)8-11-20(15)17(23)18-12-4-6-13(7-5-12)19-9-2-1-3-10-19/h4-7,14-15H,1-3,8-11H2,(H,18,23)(H,24,25,26)/t14-,15+/m1/s1. The van der Waals surface area contributed by atoms with Crippen LogP contribution in [0.15, 0.2) is 24.3 Å². The van der Waals surface area contributed by atoms with Gasteiger partial charge in [0.05, 0.1) is 6.04 Å². The van der Waals surface area contributed by atoms with Crippen LogP contribution in [0.5, 0.6) is 0 Å². The molecular weight excluding hydrogens is 372 g/mol. The molecule has 146 valence electrons. The number of nitrogens with zero attached hydrogens (tertiary/aromatic N) is 3. The summed E-state index contributed by atoms with van der Waals surface area (Å²) in [7, 11) is -4.57. The minimum Gasteiger partial charge on any atom is -0.372 e. The Hall–Kier alpha value is -2.33. The lowest BCUT2D eigenvalue weighted by Gasteiger charge is -2.42. The van der Waals surface area contributed by atoms with E-state index < -0.39 is 34.3 Å². The van der Waals surface area contributed by atoms with Crippen molar-refractivity contribution >= 4 is 33.6 Å². The number of hydrogen-bond acceptors (Lipinski definition) is 5. The molecule has 3 aliphatic rings. The highest BCUT2D eigenvalue weighted by Crippen LogP contribution is 2.36. The normalized spacial score (nSPS) is 25.2. The van der Waals surface area contributed by atoms with Crippen molar-refractivity contribution in [1.29, 1.82) is 0 Å². The van der Waals surface area contributed by atoms with E-state index in [9.17, 15) is 18.0 Å². The predicted octanol–water partition coefficient (Wildman–Crippen LogP) is 1.30. The van der Waals surface area contributed by atoms with Crippen LogP contribution in [0.2, 0.25) is 0 Å². The first kappa shape index (κ1) is 18.1. The minimum absolute atomic E-state index is 0.255. The number of amides is 3. The monoisotopic (exact) mass is 394 g/mol. The fraction of sp³-hybridized carbons (Fsp3) is 0.529. The van der Waals surface area contributed by atoms with Crippen molar-refractivity contribution in [3.63, 3.8) is 0 Å². The predicted molar refractivity (Wildman–Crippen MR) is 98.8 cm³/mol. The van der Waals surface area contributed by atoms with Crippen molar-refractivity contribution in [1.82, 2.24) is 9.21 Å². The summed E-state index contributed by atoms with van der Waals surface area (Å²) >= 11 is 0. The van der Waals surface area contributed by atoms with E-state index in [1.807, 2.05) is 24.3 Å². The van der Waals surface area contributed by atoms with Crippen LogP contribution in [-0.4, -0.2) is 65.8 Å². The molecule has 9 nitrogen and oxygen atoms in total. The molecule has 0 unspecified atom stereocenters. The third-order valence-electron chi connectivity index (χ3n) is 5.49. The number of benzene rings is 1. The lowest BCUT2D eigenvalue weighted by atomic mass is 10.0. The third kappa shape index (κ3) is 3.23. The summed E-state index contributed by atoms with van der Waals surface area (Å²) in [5.74, 6) is -0.768. The Bertz CT molecular complexity index is 851. The largest absolute Gasteiger partial charge is 0.372 e. The van der Waals surface area contributed by atoms with Gasteiger partial charge in [0.2, 0.25) is 0 Å². The summed E-state index contributed by atoms with van der Waals surface area (Å²) < 4.78 is 32.0. The van der Waals surface area contributed by atoms with E-state index in [0.29, 0.717) is 16.4 Å². The molecule has 0 radical (unpaired) electrons. The number of hydrogen-bond donors (Lipinski definition) is 2. The minimum atomic E-state index is -4.57. The van der Waals surface area contributed by atoms with Gasteiger partial charge in [-0.3, -0.25) is 9.35 Å². The summed E-state index contributed by atoms with van der Waals surface area (Å²) in [6, 6.07) is 5.60. The molecule has 3 fully saturated rings. The number of nitrogens with one attached hydrogen (secondary N) is 1. The average molecular weight is 394 g/mol. The van der Waals surface area contributed by atoms with E-state index in [2.05, 4.69) is 10.2 Å². The first-order chi connectivity index (χ1) is 12.9. The maximum atomic E-state index is 12.5. The van der Waals surface area contributed by atoms with Crippen LogP contribution in [0.1, 0.15) is 25.7 Å². The lowest BCUT2D eigenvalue weighted by Crippen LogP contribution is -2.68. The van der Waals surface area contributed by atoms with Crippen molar-refractivity contribution in [2.45, 2.75) is 37.8 Å². The third-order valence-corrected chi connectivity index (χ3v) is 6.43. The molecule has 0 saturated carbocycles. The van der Waals surface area contributed by atoms with E-state index in [-0.39, 0.29) is 6.54 Å². The number of piperidine rings is 1. The number of anilines is 2. The van der Waals surface area contributed by atoms with Crippen molar-refractivity contribution in [2.24, 2.45) is 0 Å². The summed E-state index contributed by atoms with van der Waals surface area (Å²) in [5.41, 5.74) is 1.73. The van der Waals surface area contributed by atoms with E-state index >= 15 is 0 Å². The molecule has 0 spiro atoms. The Morgan fingerprint density at radius 2 is 1.74 bits per heavy atom. The van der Waals surface area contributed by atoms with E-state index in [1.54, 1.807) is 0 Å². The summed E-state index contributed by atoms with van der Waals surface area (Å²) in [6.07, 6.45) is 3.95. The van der Waals surface area contributed by atoms with Crippen LogP contribution in [0, 0.1) is 0 Å². The quantitative estimate of drug-likeness (QED) is 0.591. The van der Waals surface area contributed by atoms with Crippen LogP contribution in [0.3, 0.4) is 0 Å². The highest BCUT2D eigenvalue weighted by atomic mass is 32.2. The fourth-order valence-electron chi connectivity index (χ4n) is 4.15. The maximum Gasteiger partial charge on any atom is 0.362 e. The van der Waals surface area contributed by atoms with Crippen LogP contribution >= 0.6 is 0 Å². The Morgan fingerprint density at radius 1 is 1.07 bits per heavy atom. The number of fused-ring (bicyclic) bond motifs is 1. The van der Waals surface area contributed by atoms with Gasteiger partial charge in [0.1, 0.15) is 6.04 Å². The maximum absolute atomic E-state index is 12.5. The van der Waals surface area contributed by atoms with Crippen molar-refractivity contribution in [2.75, 3.05) is 29.9 Å². The molecule has 2 N–H and O–H groups in total. The smallest absolute Gasteiger partial charge is 0.362 e. The Morgan fingerprint density at radius 3 is 2.37 bits per heavy atom. The van der Waals surface area contributed by atoms with Gasteiger partial charge in [-0.15, -0.1) is 0 Å². The zero-order valence-electron chi connectivity index (χ0n) is 14.7. The van der Waals surface area contributed by atoms with Crippen molar-refractivity contribution in [3.05, 3.63) is 24.3 Å². The second kappa shape index (κ2) is 6.68. The topological polar surface area (TPSA) is 110 Å². The SMILES string of the molecule is O=C(Nc1ccc(N2CCCCC2)cc1)N1CC[C@@H]2[C@H]1C(=O)N2S(=O)(=O)O. The van der Waals surface area contributed by atoms with Gasteiger partial charge in [0.25, 0.3) is 5.91 Å². The molecule has 27 heavy (non-hydrogen) atoms. The van der Waals surface area contributed by atoms with Gasteiger partial charge in [-0.2, -0.15) is 8.42 Å². The number of carbonyl (C=O) groups excluding carboxylic acids is 2. The molecule has 3 heterocycles. The van der Waals surface area contributed by atoms with Crippen LogP contribution < -0.4 is 10.2 Å². The van der Waals surface area contributed by atoms with Crippen LogP contribution in [-0.2, 0) is 15.1 Å². The fourth-order valence-corrected chi connectivity index (χ4v) is 5.05. The van der Waals surface area contributed by atoms with Gasteiger partial charge >= 0.3 is 16.3 Å². The molecule has 0 aromatic heterocycles. The van der Waals surface area contributed by atoms with Gasteiger partial charge in [0.15, 0.2) is 0 Å². The molecule has 3 saturated heterocycles. The first-order valence-corrected chi connectivity index (χ1v) is 10.5. The molecule has 0 bridgehead atoms. The molecular formula is C17H22N4O5S. The van der Waals surface area contributed by atoms with Gasteiger partial charge in [0, 0.05) is 31.0 Å². The second-order valence-corrected chi connectivity index (χ2v) is 8.42. The summed E-state index contributed by atoms with van der Waals surface area (Å²) in [4.78, 5) is 28.2. The molecule has 0 aliphatic carbocycles. The van der Waals surface area contributed by atoms with Gasteiger partial charge in [-0.1, -0.05) is 0 Å². The second-order valence-electron chi connectivity index (χ2n) is 7.13. The van der Waals surface area contributed by atoms with Crippen molar-refractivity contribution in [3.8, 4) is 0 Å². The number of urea groups is 1. The highest BCUT2D eigenvalue weighted by molar-refractivity contribution is 7.84. The number of likely N-dealkylation sites (tertiary alicyclic amines) is 1. The first-order valence-electron chi connectivity index (χ1n) is 9.09. The summed E-state index contributed by atoms with van der Waals surface area (Å²) in [6.45, 7) is 2.33. The van der Waals surface area contributed by atoms with E-state index in [4.69, 9.17) is 4.55 Å². The van der Waals surface area contributed by atoms with Gasteiger partial charge in [-0.25, -0.2) is 9.10 Å². The zero-order valence-corrected chi connectivity index (χ0v) is 15.6.